The van der Waals surface area contributed by atoms with Gasteiger partial charge in [-0.15, -0.1) is 11.6 Å². The van der Waals surface area contributed by atoms with E-state index < -0.39 is 0 Å². The predicted octanol–water partition coefficient (Wildman–Crippen LogP) is 1.90. The lowest BCUT2D eigenvalue weighted by Crippen LogP contribution is -2.24. The van der Waals surface area contributed by atoms with Crippen molar-refractivity contribution < 1.29 is 4.79 Å². The van der Waals surface area contributed by atoms with E-state index in [2.05, 4.69) is 0 Å². The van der Waals surface area contributed by atoms with Gasteiger partial charge < -0.3 is 4.90 Å². The molecule has 0 radical (unpaired) electrons. The Hall–Kier alpha value is -1.53. The second-order valence-electron chi connectivity index (χ2n) is 3.46. The lowest BCUT2D eigenvalue weighted by atomic mass is 10.2. The number of nitrogens with zero attached hydrogens (tertiary/aromatic N) is 2. The molecule has 4 heteroatoms. The van der Waals surface area contributed by atoms with Crippen molar-refractivity contribution in [3.63, 3.8) is 0 Å². The molecule has 1 amide bonds. The third-order valence-corrected chi connectivity index (χ3v) is 2.68. The lowest BCUT2D eigenvalue weighted by molar-refractivity contribution is -0.117. The summed E-state index contributed by atoms with van der Waals surface area (Å²) >= 11 is 5.90. The number of hydrogen-bond acceptors (Lipinski definition) is 2. The fourth-order valence-corrected chi connectivity index (χ4v) is 1.90. The number of hydrogen-bond donors (Lipinski definition) is 0. The van der Waals surface area contributed by atoms with Gasteiger partial charge in [-0.25, -0.2) is 0 Å². The fourth-order valence-electron chi connectivity index (χ4n) is 1.63. The molecule has 0 aliphatic carbocycles. The molecule has 15 heavy (non-hydrogen) atoms. The molecular weight excluding hydrogens is 212 g/mol. The molecule has 1 aromatic carbocycles. The molecule has 1 aliphatic heterocycles. The van der Waals surface area contributed by atoms with Gasteiger partial charge in [-0.1, -0.05) is 0 Å². The van der Waals surface area contributed by atoms with Crippen LogP contribution in [0.1, 0.15) is 12.0 Å². The molecular formula is C11H9ClN2O. The van der Waals surface area contributed by atoms with Crippen LogP contribution < -0.4 is 4.90 Å². The number of benzene rings is 1. The maximum absolute atomic E-state index is 11.5. The molecule has 1 aromatic rings. The van der Waals surface area contributed by atoms with Crippen LogP contribution in [-0.4, -0.2) is 17.8 Å². The van der Waals surface area contributed by atoms with Gasteiger partial charge in [0.05, 0.1) is 17.0 Å². The second kappa shape index (κ2) is 3.92. The summed E-state index contributed by atoms with van der Waals surface area (Å²) in [6, 6.07) is 8.97. The topological polar surface area (TPSA) is 44.1 Å². The summed E-state index contributed by atoms with van der Waals surface area (Å²) in [6.45, 7) is 0.548. The van der Waals surface area contributed by atoms with Gasteiger partial charge in [-0.3, -0.25) is 4.79 Å². The summed E-state index contributed by atoms with van der Waals surface area (Å²) in [4.78, 5) is 13.2. The quantitative estimate of drug-likeness (QED) is 0.679. The monoisotopic (exact) mass is 220 g/mol. The van der Waals surface area contributed by atoms with Gasteiger partial charge >= 0.3 is 0 Å². The van der Waals surface area contributed by atoms with Crippen LogP contribution in [0.25, 0.3) is 0 Å². The number of anilines is 1. The third kappa shape index (κ3) is 1.95. The van der Waals surface area contributed by atoms with Crippen LogP contribution in [0.4, 0.5) is 5.69 Å². The predicted molar refractivity (Wildman–Crippen MR) is 57.8 cm³/mol. The smallest absolute Gasteiger partial charge is 0.228 e. The van der Waals surface area contributed by atoms with Gasteiger partial charge in [0.25, 0.3) is 0 Å². The summed E-state index contributed by atoms with van der Waals surface area (Å²) in [6.07, 6.45) is 0.390. The number of carbonyl (C=O) groups excluding carboxylic acids is 1. The Morgan fingerprint density at radius 3 is 2.53 bits per heavy atom. The van der Waals surface area contributed by atoms with Crippen LogP contribution >= 0.6 is 11.6 Å². The molecule has 0 N–H and O–H groups in total. The molecule has 0 bridgehead atoms. The summed E-state index contributed by atoms with van der Waals surface area (Å²) < 4.78 is 0. The molecule has 3 nitrogen and oxygen atoms in total. The van der Waals surface area contributed by atoms with E-state index in [-0.39, 0.29) is 11.3 Å². The zero-order valence-corrected chi connectivity index (χ0v) is 8.74. The van der Waals surface area contributed by atoms with Gasteiger partial charge in [0.2, 0.25) is 5.91 Å². The first kappa shape index (κ1) is 10.0. The molecule has 0 saturated carbocycles. The molecule has 1 fully saturated rings. The molecule has 76 valence electrons. The van der Waals surface area contributed by atoms with E-state index in [9.17, 15) is 4.79 Å². The molecule has 0 spiro atoms. The largest absolute Gasteiger partial charge is 0.311 e. The average molecular weight is 221 g/mol. The zero-order chi connectivity index (χ0) is 10.8. The fraction of sp³-hybridized carbons (Fsp3) is 0.273. The molecule has 1 atom stereocenters. The van der Waals surface area contributed by atoms with E-state index in [4.69, 9.17) is 16.9 Å². The standard InChI is InChI=1S/C11H9ClN2O/c12-9-5-11(15)14(7-9)10-3-1-8(6-13)2-4-10/h1-4,9H,5,7H2. The Morgan fingerprint density at radius 1 is 1.40 bits per heavy atom. The minimum atomic E-state index is -0.104. The summed E-state index contributed by atoms with van der Waals surface area (Å²) in [5.74, 6) is 0.0414. The minimum absolute atomic E-state index is 0.0414. The highest BCUT2D eigenvalue weighted by atomic mass is 35.5. The van der Waals surface area contributed by atoms with Crippen molar-refractivity contribution in [1.29, 1.82) is 5.26 Å². The molecule has 1 unspecified atom stereocenters. The number of rotatable bonds is 1. The van der Waals surface area contributed by atoms with Crippen molar-refractivity contribution in [2.24, 2.45) is 0 Å². The van der Waals surface area contributed by atoms with E-state index in [1.165, 1.54) is 0 Å². The van der Waals surface area contributed by atoms with E-state index >= 15 is 0 Å². The molecule has 0 aromatic heterocycles. The van der Waals surface area contributed by atoms with E-state index in [1.807, 2.05) is 6.07 Å². The van der Waals surface area contributed by atoms with Crippen molar-refractivity contribution in [1.82, 2.24) is 0 Å². The Bertz CT molecular complexity index is 421. The van der Waals surface area contributed by atoms with Crippen LogP contribution in [0.15, 0.2) is 24.3 Å². The molecule has 2 rings (SSSR count). The van der Waals surface area contributed by atoms with Crippen molar-refractivity contribution >= 4 is 23.2 Å². The first-order chi connectivity index (χ1) is 7.20. The van der Waals surface area contributed by atoms with Crippen molar-refractivity contribution in [2.75, 3.05) is 11.4 Å². The highest BCUT2D eigenvalue weighted by molar-refractivity contribution is 6.24. The van der Waals surface area contributed by atoms with Gasteiger partial charge in [-0.05, 0) is 24.3 Å². The van der Waals surface area contributed by atoms with E-state index in [1.54, 1.807) is 29.2 Å². The first-order valence-corrected chi connectivity index (χ1v) is 5.09. The van der Waals surface area contributed by atoms with Crippen LogP contribution in [0.5, 0.6) is 0 Å². The third-order valence-electron chi connectivity index (χ3n) is 2.39. The highest BCUT2D eigenvalue weighted by Gasteiger charge is 2.28. The minimum Gasteiger partial charge on any atom is -0.311 e. The highest BCUT2D eigenvalue weighted by Crippen LogP contribution is 2.24. The maximum atomic E-state index is 11.5. The van der Waals surface area contributed by atoms with Gasteiger partial charge in [-0.2, -0.15) is 5.26 Å². The SMILES string of the molecule is N#Cc1ccc(N2CC(Cl)CC2=O)cc1. The van der Waals surface area contributed by atoms with Crippen molar-refractivity contribution in [3.05, 3.63) is 29.8 Å². The number of halogens is 1. The van der Waals surface area contributed by atoms with Crippen LogP contribution in [0.3, 0.4) is 0 Å². The molecule has 1 saturated heterocycles. The van der Waals surface area contributed by atoms with Crippen molar-refractivity contribution in [3.8, 4) is 6.07 Å². The average Bonchev–Trinajstić information content (AvgIpc) is 2.58. The van der Waals surface area contributed by atoms with Crippen LogP contribution in [0, 0.1) is 11.3 Å². The second-order valence-corrected chi connectivity index (χ2v) is 4.08. The first-order valence-electron chi connectivity index (χ1n) is 4.65. The van der Waals surface area contributed by atoms with Crippen LogP contribution in [0.2, 0.25) is 0 Å². The van der Waals surface area contributed by atoms with Crippen molar-refractivity contribution in [2.45, 2.75) is 11.8 Å². The van der Waals surface area contributed by atoms with Gasteiger partial charge in [0, 0.05) is 18.7 Å². The number of alkyl halides is 1. The van der Waals surface area contributed by atoms with Crippen LogP contribution in [-0.2, 0) is 4.79 Å². The molecule has 1 aliphatic rings. The number of amides is 1. The Kier molecular flexibility index (Phi) is 2.61. The normalized spacial score (nSPS) is 20.4. The lowest BCUT2D eigenvalue weighted by Gasteiger charge is -2.15. The number of nitriles is 1. The van der Waals surface area contributed by atoms with E-state index in [0.29, 0.717) is 18.5 Å². The summed E-state index contributed by atoms with van der Waals surface area (Å²) in [5.41, 5.74) is 1.40. The Balaban J connectivity index is 2.23. The number of carbonyl (C=O) groups is 1. The Morgan fingerprint density at radius 2 is 2.07 bits per heavy atom. The van der Waals surface area contributed by atoms with Gasteiger partial charge in [0.1, 0.15) is 0 Å². The summed E-state index contributed by atoms with van der Waals surface area (Å²) in [5, 5.41) is 8.53. The Labute approximate surface area is 92.9 Å². The molecule has 1 heterocycles. The zero-order valence-electron chi connectivity index (χ0n) is 7.98. The maximum Gasteiger partial charge on any atom is 0.228 e. The van der Waals surface area contributed by atoms with Gasteiger partial charge in [0.15, 0.2) is 0 Å². The summed E-state index contributed by atoms with van der Waals surface area (Å²) in [7, 11) is 0. The van der Waals surface area contributed by atoms with E-state index in [0.717, 1.165) is 5.69 Å².